The molecule has 0 bridgehead atoms. The molecule has 0 radical (unpaired) electrons. The van der Waals surface area contributed by atoms with Crippen LogP contribution in [0.25, 0.3) is 27.1 Å². The highest BCUT2D eigenvalue weighted by atomic mass is 32.2. The third-order valence-corrected chi connectivity index (χ3v) is 11.9. The summed E-state index contributed by atoms with van der Waals surface area (Å²) >= 11 is 8.52. The number of thiol groups is 2. The Kier molecular flexibility index (Phi) is 12.1. The SMILES string of the molecule is Cc1ccc2c3c(ccc2c1)[N+](C#CC(S)OOO)=C(C=CC(=CC=C1N(C#CC(S)OOO)c2ccc4cc(S(=O)(=O)O)ccc4c2C1(C)C)c1ccccn1)C3(C)C. The number of benzene rings is 4. The van der Waals surface area contributed by atoms with Gasteiger partial charge in [-0.2, -0.15) is 18.2 Å². The summed E-state index contributed by atoms with van der Waals surface area (Å²) in [6.07, 6.45) is 9.59. The van der Waals surface area contributed by atoms with Crippen molar-refractivity contribution in [3.63, 3.8) is 0 Å². The van der Waals surface area contributed by atoms with E-state index in [2.05, 4.69) is 104 Å². The summed E-state index contributed by atoms with van der Waals surface area (Å²) in [5.74, 6) is 5.72. The van der Waals surface area contributed by atoms with Crippen LogP contribution in [0.15, 0.2) is 120 Å². The lowest BCUT2D eigenvalue weighted by Crippen LogP contribution is -2.27. The molecule has 2 aliphatic heterocycles. The van der Waals surface area contributed by atoms with Crippen molar-refractivity contribution >= 4 is 79.6 Å². The van der Waals surface area contributed by atoms with Crippen molar-refractivity contribution in [1.29, 1.82) is 0 Å². The molecule has 2 aliphatic rings. The minimum atomic E-state index is -4.44. The first-order valence-corrected chi connectivity index (χ1v) is 20.9. The smallest absolute Gasteiger partial charge is 0.282 e. The van der Waals surface area contributed by atoms with Gasteiger partial charge in [0.2, 0.25) is 28.3 Å². The first-order chi connectivity index (χ1) is 28.6. The Balaban J connectivity index is 1.41. The second-order valence-electron chi connectivity index (χ2n) is 15.1. The molecule has 60 heavy (non-hydrogen) atoms. The summed E-state index contributed by atoms with van der Waals surface area (Å²) in [6, 6.07) is 30.5. The van der Waals surface area contributed by atoms with Crippen LogP contribution in [-0.4, -0.2) is 49.6 Å². The summed E-state index contributed by atoms with van der Waals surface area (Å²) < 4.78 is 35.7. The topological polar surface area (TPSA) is 151 Å². The van der Waals surface area contributed by atoms with Gasteiger partial charge >= 0.3 is 0 Å². The van der Waals surface area contributed by atoms with Gasteiger partial charge in [0.1, 0.15) is 0 Å². The highest BCUT2D eigenvalue weighted by Crippen LogP contribution is 2.51. The van der Waals surface area contributed by atoms with Gasteiger partial charge in [-0.1, -0.05) is 72.0 Å². The van der Waals surface area contributed by atoms with Gasteiger partial charge in [0.15, 0.2) is 0 Å². The van der Waals surface area contributed by atoms with Crippen molar-refractivity contribution < 1.29 is 47.9 Å². The summed E-state index contributed by atoms with van der Waals surface area (Å²) in [5, 5.41) is 28.9. The molecule has 0 fully saturated rings. The Hall–Kier alpha value is -5.27. The molecule has 0 amide bonds. The van der Waals surface area contributed by atoms with Gasteiger partial charge in [0.05, 0.1) is 21.7 Å². The van der Waals surface area contributed by atoms with Crippen molar-refractivity contribution in [1.82, 2.24) is 4.98 Å². The number of anilines is 1. The highest BCUT2D eigenvalue weighted by molar-refractivity contribution is 7.85. The fourth-order valence-corrected chi connectivity index (χ4v) is 8.64. The van der Waals surface area contributed by atoms with Crippen LogP contribution >= 0.6 is 25.3 Å². The van der Waals surface area contributed by atoms with E-state index in [1.54, 1.807) is 23.2 Å². The van der Waals surface area contributed by atoms with Gasteiger partial charge in [-0.15, -0.1) is 29.8 Å². The molecule has 12 nitrogen and oxygen atoms in total. The van der Waals surface area contributed by atoms with E-state index in [0.717, 1.165) is 61.2 Å². The third kappa shape index (κ3) is 8.26. The molecule has 0 spiro atoms. The number of aryl methyl sites for hydroxylation is 1. The quantitative estimate of drug-likeness (QED) is 0.0141. The Morgan fingerprint density at radius 1 is 0.867 bits per heavy atom. The van der Waals surface area contributed by atoms with Gasteiger partial charge in [-0.05, 0) is 102 Å². The zero-order chi connectivity index (χ0) is 43.0. The molecule has 15 heteroatoms. The summed E-state index contributed by atoms with van der Waals surface area (Å²) in [6.45, 7) is 10.4. The van der Waals surface area contributed by atoms with E-state index >= 15 is 0 Å². The first kappa shape index (κ1) is 42.8. The van der Waals surface area contributed by atoms with Crippen LogP contribution in [0.4, 0.5) is 11.4 Å². The molecule has 0 saturated heterocycles. The Morgan fingerprint density at radius 2 is 1.55 bits per heavy atom. The van der Waals surface area contributed by atoms with Crippen LogP contribution in [-0.2, 0) is 40.8 Å². The average Bonchev–Trinajstić information content (AvgIpc) is 3.57. The lowest BCUT2D eigenvalue weighted by atomic mass is 9.78. The Bertz CT molecular complexity index is 2900. The third-order valence-electron chi connectivity index (χ3n) is 10.6. The number of pyridine rings is 1. The number of allylic oxidation sites excluding steroid dienone is 6. The zero-order valence-corrected chi connectivity index (χ0v) is 35.6. The van der Waals surface area contributed by atoms with Crippen LogP contribution in [0.5, 0.6) is 0 Å². The molecule has 3 N–H and O–H groups in total. The number of fused-ring (bicyclic) bond motifs is 6. The van der Waals surface area contributed by atoms with Gasteiger partial charge in [-0.3, -0.25) is 14.4 Å². The van der Waals surface area contributed by atoms with E-state index in [0.29, 0.717) is 11.1 Å². The summed E-state index contributed by atoms with van der Waals surface area (Å²) in [5.41, 5.74) is 4.28. The summed E-state index contributed by atoms with van der Waals surface area (Å²) in [7, 11) is -4.44. The van der Waals surface area contributed by atoms with Crippen molar-refractivity contribution in [3.05, 3.63) is 137 Å². The van der Waals surface area contributed by atoms with Crippen molar-refractivity contribution in [2.24, 2.45) is 0 Å². The monoisotopic (exact) mass is 862 g/mol. The fourth-order valence-electron chi connectivity index (χ4n) is 7.93. The number of aromatic nitrogens is 1. The van der Waals surface area contributed by atoms with Crippen LogP contribution in [0.2, 0.25) is 0 Å². The molecular formula is C45H40N3O9S3+. The normalized spacial score (nSPS) is 17.4. The second kappa shape index (κ2) is 17.0. The fraction of sp³-hybridized carbons (Fsp3) is 0.200. The van der Waals surface area contributed by atoms with Crippen LogP contribution in [0.3, 0.4) is 0 Å². The molecular weight excluding hydrogens is 823 g/mol. The number of hydrogen-bond acceptors (Lipinski definition) is 12. The average molecular weight is 863 g/mol. The number of hydrogen-bond donors (Lipinski definition) is 5. The van der Waals surface area contributed by atoms with Crippen molar-refractivity contribution in [2.75, 3.05) is 4.90 Å². The van der Waals surface area contributed by atoms with E-state index in [9.17, 15) is 13.0 Å². The molecule has 0 aliphatic carbocycles. The van der Waals surface area contributed by atoms with Gasteiger partial charge in [0, 0.05) is 52.6 Å². The Labute approximate surface area is 358 Å². The molecule has 4 aromatic carbocycles. The van der Waals surface area contributed by atoms with E-state index in [4.69, 9.17) is 25.3 Å². The minimum Gasteiger partial charge on any atom is -0.282 e. The van der Waals surface area contributed by atoms with Gasteiger partial charge in [0.25, 0.3) is 10.1 Å². The predicted octanol–water partition coefficient (Wildman–Crippen LogP) is 8.92. The number of rotatable bonds is 9. The molecule has 3 heterocycles. The molecule has 0 saturated carbocycles. The lowest BCUT2D eigenvalue weighted by molar-refractivity contribution is -0.490. The molecule has 2 unspecified atom stereocenters. The molecule has 1 aromatic heterocycles. The second-order valence-corrected chi connectivity index (χ2v) is 17.4. The predicted molar refractivity (Wildman–Crippen MR) is 236 cm³/mol. The standard InChI is InChI=1S/C45H39N3O9S3/c1-28-9-15-33-30(26-28)10-17-36-42(33)44(2,3)38(47(36)24-21-40(58)54-56-49)19-12-29(35-8-6-7-23-46-35)13-20-39-45(4,5)43-34-16-14-32(60(51,52)53)27-31(34)11-18-37(43)48(39)25-22-41(59)55-57-50/h6-20,23,26-27,40-41H,1-5H3,(H4-,49,50,51,52,53,58,59)/p+1. The maximum Gasteiger partial charge on any atom is 0.294 e. The van der Waals surface area contributed by atoms with Crippen molar-refractivity contribution in [3.8, 4) is 23.9 Å². The van der Waals surface area contributed by atoms with Crippen molar-refractivity contribution in [2.45, 2.75) is 61.2 Å². The highest BCUT2D eigenvalue weighted by Gasteiger charge is 2.46. The van der Waals surface area contributed by atoms with Gasteiger partial charge in [-0.25, -0.2) is 10.5 Å². The molecule has 2 atom stereocenters. The van der Waals surface area contributed by atoms with E-state index < -0.39 is 31.8 Å². The largest absolute Gasteiger partial charge is 0.294 e. The van der Waals surface area contributed by atoms with E-state index in [1.165, 1.54) is 12.1 Å². The van der Waals surface area contributed by atoms with Crippen LogP contribution < -0.4 is 4.90 Å². The molecule has 7 rings (SSSR count). The van der Waals surface area contributed by atoms with Crippen LogP contribution in [0, 0.1) is 30.9 Å². The summed E-state index contributed by atoms with van der Waals surface area (Å²) in [4.78, 5) is 15.7. The van der Waals surface area contributed by atoms with E-state index in [-0.39, 0.29) is 4.90 Å². The van der Waals surface area contributed by atoms with Crippen LogP contribution in [0.1, 0.15) is 50.1 Å². The van der Waals surface area contributed by atoms with E-state index in [1.807, 2.05) is 73.1 Å². The minimum absolute atomic E-state index is 0.218. The first-order valence-electron chi connectivity index (χ1n) is 18.5. The zero-order valence-electron chi connectivity index (χ0n) is 33.0. The molecule has 306 valence electrons. The number of nitrogens with zero attached hydrogens (tertiary/aromatic N) is 3. The maximum atomic E-state index is 12.0. The lowest BCUT2D eigenvalue weighted by Gasteiger charge is -2.23. The maximum absolute atomic E-state index is 12.0. The molecule has 5 aromatic rings. The Morgan fingerprint density at radius 3 is 2.25 bits per heavy atom. The van der Waals surface area contributed by atoms with Gasteiger partial charge < -0.3 is 0 Å².